The molecule has 17 nitrogen and oxygen atoms in total. The monoisotopic (exact) mass is 960 g/mol. The average molecular weight is 961 g/mol. The standard InChI is InChI=1S/C51H58F2N10O7/c52-33-24-32(25-34(53)27-33)23-31-5-10-42(54)41(26-31)47(55)60-48(66)39-9-7-37(29-43(39)58-35-13-21-70-22-14-35)62-19-17-61(18-20-62)30-46(65)57-16-4-2-1-3-15-56-36-6-8-38-40(28-36)51(69)63(50(38)68)44-11-12-45(64)59-49(44)67/h5-10,24-29,35,44,56,58H,1-4,11-23,30,54H2,(H,57,65)(H2,55,60,66)(H,59,64,67). The maximum absolute atomic E-state index is 13.9. The number of halogens is 2. The van der Waals surface area contributed by atoms with Crippen molar-refractivity contribution in [1.82, 2.24) is 25.8 Å². The number of piperazine rings is 1. The molecule has 1 atom stereocenters. The number of amidine groups is 1. The van der Waals surface area contributed by atoms with E-state index in [4.69, 9.17) is 15.9 Å². The molecule has 368 valence electrons. The first-order valence-electron chi connectivity index (χ1n) is 23.8. The Balaban J connectivity index is 0.762. The minimum absolute atomic E-state index is 0.0322. The van der Waals surface area contributed by atoms with Crippen molar-refractivity contribution in [2.24, 2.45) is 0 Å². The summed E-state index contributed by atoms with van der Waals surface area (Å²) in [5.74, 6) is -4.25. The van der Waals surface area contributed by atoms with E-state index >= 15 is 0 Å². The number of imide groups is 2. The minimum Gasteiger partial charge on any atom is -0.398 e. The van der Waals surface area contributed by atoms with Gasteiger partial charge in [0.15, 0.2) is 0 Å². The fraction of sp³-hybridized carbons (Fsp3) is 0.392. The number of unbranched alkanes of at least 4 members (excludes halogenated alkanes) is 3. The summed E-state index contributed by atoms with van der Waals surface area (Å²) in [6.07, 6.45) is 5.42. The van der Waals surface area contributed by atoms with Gasteiger partial charge in [0, 0.05) is 99.3 Å². The quantitative estimate of drug-likeness (QED) is 0.0235. The molecule has 70 heavy (non-hydrogen) atoms. The molecular weight excluding hydrogens is 903 g/mol. The Morgan fingerprint density at radius 2 is 1.50 bits per heavy atom. The second-order valence-corrected chi connectivity index (χ2v) is 18.1. The summed E-state index contributed by atoms with van der Waals surface area (Å²) >= 11 is 0. The van der Waals surface area contributed by atoms with Crippen LogP contribution in [0.3, 0.4) is 0 Å². The van der Waals surface area contributed by atoms with Crippen LogP contribution in [0.1, 0.15) is 99.1 Å². The average Bonchev–Trinajstić information content (AvgIpc) is 3.58. The summed E-state index contributed by atoms with van der Waals surface area (Å²) in [4.78, 5) is 82.1. The van der Waals surface area contributed by atoms with Crippen molar-refractivity contribution in [2.75, 3.05) is 80.3 Å². The third-order valence-corrected chi connectivity index (χ3v) is 13.1. The molecule has 4 aromatic rings. The molecule has 1 unspecified atom stereocenters. The number of rotatable bonds is 18. The summed E-state index contributed by atoms with van der Waals surface area (Å²) in [6, 6.07) is 17.9. The van der Waals surface area contributed by atoms with Gasteiger partial charge in [-0.15, -0.1) is 0 Å². The van der Waals surface area contributed by atoms with Gasteiger partial charge in [-0.3, -0.25) is 49.3 Å². The molecule has 0 spiro atoms. The molecule has 8 N–H and O–H groups in total. The summed E-state index contributed by atoms with van der Waals surface area (Å²) in [6.45, 7) is 5.39. The van der Waals surface area contributed by atoms with Gasteiger partial charge < -0.3 is 36.6 Å². The Hall–Kier alpha value is -7.25. The van der Waals surface area contributed by atoms with Crippen molar-refractivity contribution >= 4 is 64.0 Å². The van der Waals surface area contributed by atoms with E-state index in [1.807, 2.05) is 12.1 Å². The van der Waals surface area contributed by atoms with Crippen molar-refractivity contribution in [2.45, 2.75) is 69.9 Å². The van der Waals surface area contributed by atoms with Crippen LogP contribution in [0.2, 0.25) is 0 Å². The van der Waals surface area contributed by atoms with Crippen LogP contribution in [0, 0.1) is 17.0 Å². The van der Waals surface area contributed by atoms with E-state index in [2.05, 4.69) is 36.4 Å². The number of anilines is 4. The van der Waals surface area contributed by atoms with E-state index in [0.717, 1.165) is 55.2 Å². The van der Waals surface area contributed by atoms with Gasteiger partial charge in [-0.05, 0) is 110 Å². The maximum Gasteiger partial charge on any atom is 0.262 e. The first-order valence-corrected chi connectivity index (χ1v) is 23.8. The Bertz CT molecular complexity index is 2650. The number of nitrogen functional groups attached to an aromatic ring is 1. The second kappa shape index (κ2) is 22.5. The van der Waals surface area contributed by atoms with E-state index in [1.165, 1.54) is 12.1 Å². The number of nitrogens with two attached hydrogens (primary N) is 1. The van der Waals surface area contributed by atoms with Crippen LogP contribution in [0.5, 0.6) is 0 Å². The molecule has 3 fully saturated rings. The number of nitrogens with one attached hydrogen (secondary N) is 6. The third-order valence-electron chi connectivity index (χ3n) is 13.1. The van der Waals surface area contributed by atoms with Crippen LogP contribution < -0.4 is 37.2 Å². The van der Waals surface area contributed by atoms with Crippen molar-refractivity contribution in [3.8, 4) is 0 Å². The number of fused-ring (bicyclic) bond motifs is 1. The lowest BCUT2D eigenvalue weighted by atomic mass is 10.0. The summed E-state index contributed by atoms with van der Waals surface area (Å²) in [5.41, 5.74) is 10.9. The van der Waals surface area contributed by atoms with Gasteiger partial charge >= 0.3 is 0 Å². The van der Waals surface area contributed by atoms with Gasteiger partial charge in [0.2, 0.25) is 17.7 Å². The van der Waals surface area contributed by atoms with E-state index in [-0.39, 0.29) is 66.0 Å². The number of ether oxygens (including phenoxy) is 1. The lowest BCUT2D eigenvalue weighted by Crippen LogP contribution is -2.54. The van der Waals surface area contributed by atoms with Crippen LogP contribution in [0.15, 0.2) is 72.8 Å². The van der Waals surface area contributed by atoms with Gasteiger partial charge in [0.1, 0.15) is 23.5 Å². The molecule has 0 radical (unpaired) electrons. The number of hydrogen-bond acceptors (Lipinski definition) is 13. The highest BCUT2D eigenvalue weighted by atomic mass is 19.1. The summed E-state index contributed by atoms with van der Waals surface area (Å²) < 4.78 is 33.3. The Labute approximate surface area is 404 Å². The molecule has 0 aliphatic carbocycles. The number of nitrogens with zero attached hydrogens (tertiary/aromatic N) is 3. The van der Waals surface area contributed by atoms with Crippen molar-refractivity contribution in [3.05, 3.63) is 118 Å². The van der Waals surface area contributed by atoms with Gasteiger partial charge in [0.05, 0.1) is 23.2 Å². The number of carbonyl (C=O) groups excluding carboxylic acids is 6. The molecule has 0 aromatic heterocycles. The van der Waals surface area contributed by atoms with Crippen molar-refractivity contribution in [3.63, 3.8) is 0 Å². The number of benzene rings is 4. The van der Waals surface area contributed by atoms with E-state index in [9.17, 15) is 37.5 Å². The molecule has 4 heterocycles. The second-order valence-electron chi connectivity index (χ2n) is 18.1. The number of amides is 6. The largest absolute Gasteiger partial charge is 0.398 e. The van der Waals surface area contributed by atoms with E-state index in [0.29, 0.717) is 80.5 Å². The highest BCUT2D eigenvalue weighted by Crippen LogP contribution is 2.31. The smallest absolute Gasteiger partial charge is 0.262 e. The van der Waals surface area contributed by atoms with E-state index in [1.54, 1.807) is 42.5 Å². The minimum atomic E-state index is -1.01. The highest BCUT2D eigenvalue weighted by Gasteiger charge is 2.44. The van der Waals surface area contributed by atoms with Crippen LogP contribution in [-0.4, -0.2) is 122 Å². The molecule has 6 amide bonds. The predicted octanol–water partition coefficient (Wildman–Crippen LogP) is 4.80. The number of carbonyl (C=O) groups is 6. The SMILES string of the molecule is N=C(NC(=O)c1ccc(N2CCN(CC(=O)NCCCCCCNc3ccc4c(c3)C(=O)N(C3CCC(=O)NC3=O)C4=O)CC2)cc1NC1CCOCC1)c1cc(Cc2cc(F)cc(F)c2)ccc1N. The van der Waals surface area contributed by atoms with Crippen LogP contribution >= 0.6 is 0 Å². The van der Waals surface area contributed by atoms with Gasteiger partial charge in [0.25, 0.3) is 17.7 Å². The molecule has 4 aromatic carbocycles. The third kappa shape index (κ3) is 12.1. The lowest BCUT2D eigenvalue weighted by Gasteiger charge is -2.36. The van der Waals surface area contributed by atoms with Crippen molar-refractivity contribution in [1.29, 1.82) is 5.41 Å². The molecule has 3 saturated heterocycles. The maximum atomic E-state index is 13.9. The van der Waals surface area contributed by atoms with Gasteiger partial charge in [-0.2, -0.15) is 0 Å². The fourth-order valence-corrected chi connectivity index (χ4v) is 9.30. The lowest BCUT2D eigenvalue weighted by molar-refractivity contribution is -0.136. The molecule has 8 rings (SSSR count). The van der Waals surface area contributed by atoms with Crippen LogP contribution in [0.25, 0.3) is 0 Å². The molecule has 0 bridgehead atoms. The predicted molar refractivity (Wildman–Crippen MR) is 260 cm³/mol. The zero-order valence-electron chi connectivity index (χ0n) is 38.8. The summed E-state index contributed by atoms with van der Waals surface area (Å²) in [5, 5.41) is 23.6. The van der Waals surface area contributed by atoms with Gasteiger partial charge in [-0.25, -0.2) is 8.78 Å². The molecule has 4 aliphatic heterocycles. The first-order chi connectivity index (χ1) is 33.8. The Morgan fingerprint density at radius 1 is 0.771 bits per heavy atom. The first kappa shape index (κ1) is 49.2. The zero-order valence-corrected chi connectivity index (χ0v) is 38.8. The van der Waals surface area contributed by atoms with Crippen LogP contribution in [-0.2, 0) is 25.5 Å². The molecule has 19 heteroatoms. The van der Waals surface area contributed by atoms with E-state index < -0.39 is 47.2 Å². The fourth-order valence-electron chi connectivity index (χ4n) is 9.30. The molecule has 0 saturated carbocycles. The number of hydrogen-bond donors (Lipinski definition) is 7. The Morgan fingerprint density at radius 3 is 2.24 bits per heavy atom. The van der Waals surface area contributed by atoms with Gasteiger partial charge in [-0.1, -0.05) is 18.9 Å². The molecular formula is C51H58F2N10O7. The Kier molecular flexibility index (Phi) is 15.8. The normalized spacial score (nSPS) is 17.5. The summed E-state index contributed by atoms with van der Waals surface area (Å²) in [7, 11) is 0. The van der Waals surface area contributed by atoms with Crippen LogP contribution in [0.4, 0.5) is 31.5 Å². The topological polar surface area (TPSA) is 231 Å². The molecule has 4 aliphatic rings. The number of piperidine rings is 1. The highest BCUT2D eigenvalue weighted by molar-refractivity contribution is 6.23. The van der Waals surface area contributed by atoms with Crippen molar-refractivity contribution < 1.29 is 42.3 Å². The zero-order chi connectivity index (χ0) is 49.3.